The van der Waals surface area contributed by atoms with Gasteiger partial charge in [0.15, 0.2) is 0 Å². The van der Waals surface area contributed by atoms with Crippen molar-refractivity contribution in [2.45, 2.75) is 12.6 Å². The number of aliphatic hydroxyl groups excluding tert-OH is 1. The summed E-state index contributed by atoms with van der Waals surface area (Å²) in [7, 11) is 0. The first-order chi connectivity index (χ1) is 15.0. The number of amides is 1. The Morgan fingerprint density at radius 1 is 1.06 bits per heavy atom. The molecule has 3 N–H and O–H groups in total. The summed E-state index contributed by atoms with van der Waals surface area (Å²) in [4.78, 5) is 14.4. The number of likely N-dealkylation sites (tertiary alicyclic amines) is 1. The first-order valence-corrected chi connectivity index (χ1v) is 10.4. The molecule has 0 aromatic heterocycles. The smallest absolute Gasteiger partial charge is 0.253 e. The molecule has 1 saturated heterocycles. The maximum absolute atomic E-state index is 12.6. The van der Waals surface area contributed by atoms with Crippen molar-refractivity contribution >= 4 is 23.2 Å². The fourth-order valence-corrected chi connectivity index (χ4v) is 3.72. The molecule has 0 aliphatic carbocycles. The number of benzene rings is 3. The molecule has 4 rings (SSSR count). The zero-order valence-corrected chi connectivity index (χ0v) is 17.5. The van der Waals surface area contributed by atoms with Gasteiger partial charge < -0.3 is 25.2 Å². The van der Waals surface area contributed by atoms with Crippen LogP contribution in [0.1, 0.15) is 16.8 Å². The highest BCUT2D eigenvalue weighted by Crippen LogP contribution is 2.27. The van der Waals surface area contributed by atoms with E-state index in [0.29, 0.717) is 41.6 Å². The van der Waals surface area contributed by atoms with Crippen molar-refractivity contribution in [1.29, 1.82) is 0 Å². The van der Waals surface area contributed by atoms with Crippen LogP contribution < -0.4 is 10.1 Å². The number of anilines is 1. The minimum Gasteiger partial charge on any atom is -0.508 e. The molecule has 0 saturated carbocycles. The number of hydrogen-bond donors (Lipinski definition) is 3. The lowest BCUT2D eigenvalue weighted by Crippen LogP contribution is -2.34. The van der Waals surface area contributed by atoms with Crippen LogP contribution >= 0.6 is 11.6 Å². The number of nitrogens with zero attached hydrogens (tertiary/aromatic N) is 1. The lowest BCUT2D eigenvalue weighted by atomic mass is 10.1. The van der Waals surface area contributed by atoms with Crippen molar-refractivity contribution in [3.05, 3.63) is 83.4 Å². The number of carbonyl (C=O) groups excluding carboxylic acids is 1. The van der Waals surface area contributed by atoms with Crippen LogP contribution in [-0.4, -0.2) is 40.3 Å². The minimum atomic E-state index is -0.802. The first-order valence-electron chi connectivity index (χ1n) is 10.0. The van der Waals surface area contributed by atoms with E-state index in [2.05, 4.69) is 5.32 Å². The summed E-state index contributed by atoms with van der Waals surface area (Å²) in [6, 6.07) is 20.6. The number of nitrogens with one attached hydrogen (secondary N) is 1. The van der Waals surface area contributed by atoms with Crippen molar-refractivity contribution in [3.8, 4) is 17.2 Å². The highest BCUT2D eigenvalue weighted by Gasteiger charge is 2.31. The Labute approximate surface area is 185 Å². The average Bonchev–Trinajstić information content (AvgIpc) is 3.26. The van der Waals surface area contributed by atoms with E-state index >= 15 is 0 Å². The van der Waals surface area contributed by atoms with Crippen LogP contribution in [0.4, 0.5) is 5.69 Å². The quantitative estimate of drug-likeness (QED) is 0.485. The lowest BCUT2D eigenvalue weighted by Gasteiger charge is -2.22. The Kier molecular flexibility index (Phi) is 6.30. The molecule has 0 spiro atoms. The molecular formula is C24H23ClN2O4. The molecular weight excluding hydrogens is 416 g/mol. The lowest BCUT2D eigenvalue weighted by molar-refractivity contribution is 0.0766. The topological polar surface area (TPSA) is 82.0 Å². The van der Waals surface area contributed by atoms with Crippen LogP contribution in [0, 0.1) is 5.92 Å². The van der Waals surface area contributed by atoms with Crippen LogP contribution in [0.3, 0.4) is 0 Å². The molecule has 1 heterocycles. The van der Waals surface area contributed by atoms with Crippen LogP contribution in [0.15, 0.2) is 72.8 Å². The number of hydrogen-bond acceptors (Lipinski definition) is 5. The van der Waals surface area contributed by atoms with E-state index in [1.54, 1.807) is 41.3 Å². The molecule has 6 nitrogen and oxygen atoms in total. The predicted octanol–water partition coefficient (Wildman–Crippen LogP) is 4.73. The van der Waals surface area contributed by atoms with Crippen molar-refractivity contribution in [3.63, 3.8) is 0 Å². The summed E-state index contributed by atoms with van der Waals surface area (Å²) >= 11 is 5.90. The molecule has 0 radical (unpaired) electrons. The highest BCUT2D eigenvalue weighted by molar-refractivity contribution is 6.30. The van der Waals surface area contributed by atoms with Crippen LogP contribution in [0.5, 0.6) is 17.2 Å². The number of aliphatic hydroxyl groups is 1. The summed E-state index contributed by atoms with van der Waals surface area (Å²) in [5.74, 6) is 1.23. The zero-order valence-electron chi connectivity index (χ0n) is 16.7. The molecule has 3 aromatic rings. The normalized spacial score (nSPS) is 16.7. The number of ether oxygens (including phenoxy) is 1. The first kappa shape index (κ1) is 21.0. The van der Waals surface area contributed by atoms with Gasteiger partial charge in [0.2, 0.25) is 0 Å². The molecule has 1 aliphatic rings. The number of carbonyl (C=O) groups is 1. The van der Waals surface area contributed by atoms with Crippen molar-refractivity contribution < 1.29 is 19.7 Å². The maximum Gasteiger partial charge on any atom is 0.253 e. The van der Waals surface area contributed by atoms with Crippen molar-refractivity contribution in [2.75, 3.05) is 18.4 Å². The van der Waals surface area contributed by atoms with E-state index in [-0.39, 0.29) is 17.6 Å². The molecule has 3 aromatic carbocycles. The van der Waals surface area contributed by atoms with Gasteiger partial charge in [-0.25, -0.2) is 0 Å². The van der Waals surface area contributed by atoms with E-state index < -0.39 is 6.23 Å². The third kappa shape index (κ3) is 5.29. The Morgan fingerprint density at radius 3 is 2.55 bits per heavy atom. The number of phenols is 1. The van der Waals surface area contributed by atoms with Gasteiger partial charge in [0.1, 0.15) is 23.5 Å². The Bertz CT molecular complexity index is 1040. The van der Waals surface area contributed by atoms with Gasteiger partial charge in [0.05, 0.1) is 0 Å². The minimum absolute atomic E-state index is 0.0955. The number of halogens is 1. The molecule has 1 amide bonds. The van der Waals surface area contributed by atoms with Gasteiger partial charge in [0, 0.05) is 41.3 Å². The van der Waals surface area contributed by atoms with E-state index in [1.807, 2.05) is 24.3 Å². The average molecular weight is 439 g/mol. The van der Waals surface area contributed by atoms with E-state index in [9.17, 15) is 15.0 Å². The largest absolute Gasteiger partial charge is 0.508 e. The molecule has 1 aliphatic heterocycles. The monoisotopic (exact) mass is 438 g/mol. The van der Waals surface area contributed by atoms with Crippen LogP contribution in [0.2, 0.25) is 5.02 Å². The van der Waals surface area contributed by atoms with E-state index in [0.717, 1.165) is 5.69 Å². The summed E-state index contributed by atoms with van der Waals surface area (Å²) in [6.07, 6.45) is -0.109. The van der Waals surface area contributed by atoms with Crippen molar-refractivity contribution in [2.24, 2.45) is 5.92 Å². The molecule has 2 atom stereocenters. The second-order valence-corrected chi connectivity index (χ2v) is 7.96. The Hall–Kier alpha value is -3.22. The standard InChI is InChI=1S/C24H23ClN2O4/c25-18-6-10-21(11-7-18)31-22-3-1-2-19(14-22)26-23(29)17-12-13-27(15-17)24(30)16-4-8-20(28)9-5-16/h1-11,14,17,23,26,28-29H,12-13,15H2. The van der Waals surface area contributed by atoms with Gasteiger partial charge in [-0.2, -0.15) is 0 Å². The number of phenolic OH excluding ortho intramolecular Hbond substituents is 1. The van der Waals surface area contributed by atoms with E-state index in [4.69, 9.17) is 16.3 Å². The molecule has 7 heteroatoms. The predicted molar refractivity (Wildman–Crippen MR) is 120 cm³/mol. The Balaban J connectivity index is 1.35. The summed E-state index contributed by atoms with van der Waals surface area (Å²) in [5.41, 5.74) is 1.25. The van der Waals surface area contributed by atoms with Crippen molar-refractivity contribution in [1.82, 2.24) is 4.90 Å². The Morgan fingerprint density at radius 2 is 1.81 bits per heavy atom. The van der Waals surface area contributed by atoms with Gasteiger partial charge in [-0.15, -0.1) is 0 Å². The van der Waals surface area contributed by atoms with Crippen LogP contribution in [-0.2, 0) is 0 Å². The van der Waals surface area contributed by atoms with Gasteiger partial charge in [-0.3, -0.25) is 4.79 Å². The zero-order chi connectivity index (χ0) is 21.8. The molecule has 0 bridgehead atoms. The highest BCUT2D eigenvalue weighted by atomic mass is 35.5. The van der Waals surface area contributed by atoms with E-state index in [1.165, 1.54) is 12.1 Å². The van der Waals surface area contributed by atoms with Gasteiger partial charge in [0.25, 0.3) is 5.91 Å². The van der Waals surface area contributed by atoms with Gasteiger partial charge >= 0.3 is 0 Å². The second kappa shape index (κ2) is 9.29. The second-order valence-electron chi connectivity index (χ2n) is 7.52. The fourth-order valence-electron chi connectivity index (χ4n) is 3.59. The fraction of sp³-hybridized carbons (Fsp3) is 0.208. The van der Waals surface area contributed by atoms with Gasteiger partial charge in [-0.05, 0) is 67.1 Å². The summed E-state index contributed by atoms with van der Waals surface area (Å²) < 4.78 is 5.84. The number of aromatic hydroxyl groups is 1. The third-order valence-electron chi connectivity index (χ3n) is 5.27. The summed E-state index contributed by atoms with van der Waals surface area (Å²) in [6.45, 7) is 1.03. The summed E-state index contributed by atoms with van der Waals surface area (Å²) in [5, 5.41) is 23.8. The third-order valence-corrected chi connectivity index (χ3v) is 5.52. The van der Waals surface area contributed by atoms with Crippen LogP contribution in [0.25, 0.3) is 0 Å². The maximum atomic E-state index is 12.6. The molecule has 31 heavy (non-hydrogen) atoms. The SMILES string of the molecule is O=C(c1ccc(O)cc1)N1CCC(C(O)Nc2cccc(Oc3ccc(Cl)cc3)c2)C1. The number of rotatable bonds is 6. The molecule has 160 valence electrons. The molecule has 1 fully saturated rings. The van der Waals surface area contributed by atoms with Gasteiger partial charge in [-0.1, -0.05) is 17.7 Å². The molecule has 2 unspecified atom stereocenters.